The number of rotatable bonds is 2. The number of nitrogens with one attached hydrogen (secondary N) is 3. The van der Waals surface area contributed by atoms with Gasteiger partial charge in [0.1, 0.15) is 5.75 Å². The van der Waals surface area contributed by atoms with Crippen molar-refractivity contribution in [3.05, 3.63) is 42.0 Å². The van der Waals surface area contributed by atoms with Gasteiger partial charge >= 0.3 is 0 Å². The molecule has 0 aromatic heterocycles. The second-order valence-corrected chi connectivity index (χ2v) is 6.57. The molecule has 7 nitrogen and oxygen atoms in total. The van der Waals surface area contributed by atoms with E-state index in [1.807, 2.05) is 6.07 Å². The van der Waals surface area contributed by atoms with E-state index in [-0.39, 0.29) is 24.3 Å². The fraction of sp³-hybridized carbons (Fsp3) is 0.118. The summed E-state index contributed by atoms with van der Waals surface area (Å²) in [6.07, 6.45) is 0. The molecule has 3 amide bonds. The molecule has 0 spiro atoms. The van der Waals surface area contributed by atoms with Crippen LogP contribution in [0.5, 0.6) is 5.75 Å². The van der Waals surface area contributed by atoms with E-state index in [0.29, 0.717) is 34.1 Å². The van der Waals surface area contributed by atoms with E-state index in [2.05, 4.69) is 16.0 Å². The minimum Gasteiger partial charge on any atom is -0.482 e. The predicted octanol–water partition coefficient (Wildman–Crippen LogP) is 2.31. The summed E-state index contributed by atoms with van der Waals surface area (Å²) >= 11 is 1.44. The molecule has 0 radical (unpaired) electrons. The zero-order chi connectivity index (χ0) is 17.4. The zero-order valence-electron chi connectivity index (χ0n) is 12.9. The SMILES string of the molecule is O=C1COc2ccc(NC(=O)c3ccc4c(c3)NC(=O)CS4)cc2N1. The van der Waals surface area contributed by atoms with Gasteiger partial charge in [-0.05, 0) is 36.4 Å². The van der Waals surface area contributed by atoms with Gasteiger partial charge in [0.15, 0.2) is 6.61 Å². The third-order valence-corrected chi connectivity index (χ3v) is 4.82. The average molecular weight is 355 g/mol. The van der Waals surface area contributed by atoms with Crippen LogP contribution in [-0.2, 0) is 9.59 Å². The van der Waals surface area contributed by atoms with E-state index >= 15 is 0 Å². The minimum atomic E-state index is -0.310. The molecule has 25 heavy (non-hydrogen) atoms. The van der Waals surface area contributed by atoms with E-state index in [9.17, 15) is 14.4 Å². The summed E-state index contributed by atoms with van der Waals surface area (Å²) < 4.78 is 5.29. The fourth-order valence-electron chi connectivity index (χ4n) is 2.59. The number of fused-ring (bicyclic) bond motifs is 2. The van der Waals surface area contributed by atoms with Crippen LogP contribution in [-0.4, -0.2) is 30.1 Å². The van der Waals surface area contributed by atoms with Crippen LogP contribution < -0.4 is 20.7 Å². The molecule has 0 bridgehead atoms. The van der Waals surface area contributed by atoms with E-state index in [1.54, 1.807) is 30.3 Å². The minimum absolute atomic E-state index is 0.0163. The van der Waals surface area contributed by atoms with Gasteiger partial charge in [-0.1, -0.05) is 0 Å². The number of hydrogen-bond acceptors (Lipinski definition) is 5. The van der Waals surface area contributed by atoms with E-state index in [4.69, 9.17) is 4.74 Å². The van der Waals surface area contributed by atoms with Gasteiger partial charge in [-0.25, -0.2) is 0 Å². The van der Waals surface area contributed by atoms with Crippen molar-refractivity contribution in [2.75, 3.05) is 28.3 Å². The molecule has 0 aliphatic carbocycles. The zero-order valence-corrected chi connectivity index (χ0v) is 13.7. The second-order valence-electron chi connectivity index (χ2n) is 5.55. The fourth-order valence-corrected chi connectivity index (χ4v) is 3.38. The third-order valence-electron chi connectivity index (χ3n) is 3.74. The van der Waals surface area contributed by atoms with Gasteiger partial charge in [-0.15, -0.1) is 11.8 Å². The molecule has 2 aliphatic rings. The highest BCUT2D eigenvalue weighted by molar-refractivity contribution is 8.00. The van der Waals surface area contributed by atoms with Crippen LogP contribution in [0.25, 0.3) is 0 Å². The first-order chi connectivity index (χ1) is 12.1. The van der Waals surface area contributed by atoms with Crippen molar-refractivity contribution in [3.63, 3.8) is 0 Å². The van der Waals surface area contributed by atoms with Crippen LogP contribution in [0.2, 0.25) is 0 Å². The van der Waals surface area contributed by atoms with Crippen molar-refractivity contribution < 1.29 is 19.1 Å². The molecule has 0 saturated heterocycles. The molecule has 0 fully saturated rings. The number of anilines is 3. The van der Waals surface area contributed by atoms with Gasteiger partial charge < -0.3 is 20.7 Å². The van der Waals surface area contributed by atoms with Crippen molar-refractivity contribution in [2.45, 2.75) is 4.90 Å². The molecule has 3 N–H and O–H groups in total. The molecule has 8 heteroatoms. The number of hydrogen-bond donors (Lipinski definition) is 3. The smallest absolute Gasteiger partial charge is 0.262 e. The van der Waals surface area contributed by atoms with Crippen LogP contribution in [0.15, 0.2) is 41.3 Å². The number of amides is 3. The largest absolute Gasteiger partial charge is 0.482 e. The van der Waals surface area contributed by atoms with E-state index < -0.39 is 0 Å². The Morgan fingerprint density at radius 1 is 1.04 bits per heavy atom. The van der Waals surface area contributed by atoms with Crippen LogP contribution >= 0.6 is 11.8 Å². The van der Waals surface area contributed by atoms with Crippen molar-refractivity contribution in [1.29, 1.82) is 0 Å². The van der Waals surface area contributed by atoms with Crippen molar-refractivity contribution in [2.24, 2.45) is 0 Å². The summed E-state index contributed by atoms with van der Waals surface area (Å²) in [6.45, 7) is -0.0163. The predicted molar refractivity (Wildman–Crippen MR) is 94.3 cm³/mol. The molecule has 0 saturated carbocycles. The first kappa shape index (κ1) is 15.5. The van der Waals surface area contributed by atoms with Crippen LogP contribution in [0.4, 0.5) is 17.1 Å². The Morgan fingerprint density at radius 2 is 1.88 bits per heavy atom. The molecule has 4 rings (SSSR count). The number of carbonyl (C=O) groups is 3. The van der Waals surface area contributed by atoms with Gasteiger partial charge in [0.25, 0.3) is 11.8 Å². The molecular weight excluding hydrogens is 342 g/mol. The summed E-state index contributed by atoms with van der Waals surface area (Å²) in [5, 5.41) is 8.23. The van der Waals surface area contributed by atoms with E-state index in [1.165, 1.54) is 11.8 Å². The van der Waals surface area contributed by atoms with Crippen molar-refractivity contribution in [3.8, 4) is 5.75 Å². The molecule has 2 aromatic carbocycles. The normalized spacial score (nSPS) is 15.2. The summed E-state index contributed by atoms with van der Waals surface area (Å²) in [7, 11) is 0. The lowest BCUT2D eigenvalue weighted by molar-refractivity contribution is -0.118. The summed E-state index contributed by atoms with van der Waals surface area (Å²) in [5.74, 6) is 0.308. The topological polar surface area (TPSA) is 96.5 Å². The van der Waals surface area contributed by atoms with Crippen molar-refractivity contribution >= 4 is 46.5 Å². The molecule has 2 aromatic rings. The Morgan fingerprint density at radius 3 is 2.76 bits per heavy atom. The Kier molecular flexibility index (Phi) is 3.81. The van der Waals surface area contributed by atoms with Crippen LogP contribution in [0.1, 0.15) is 10.4 Å². The molecule has 0 atom stereocenters. The van der Waals surface area contributed by atoms with Gasteiger partial charge in [-0.2, -0.15) is 0 Å². The van der Waals surface area contributed by atoms with Gasteiger partial charge in [-0.3, -0.25) is 14.4 Å². The lowest BCUT2D eigenvalue weighted by atomic mass is 10.1. The van der Waals surface area contributed by atoms with Crippen LogP contribution in [0, 0.1) is 0 Å². The van der Waals surface area contributed by atoms with Crippen LogP contribution in [0.3, 0.4) is 0 Å². The van der Waals surface area contributed by atoms with Gasteiger partial charge in [0.05, 0.1) is 17.1 Å². The number of ether oxygens (including phenoxy) is 1. The maximum atomic E-state index is 12.5. The Balaban J connectivity index is 1.54. The molecule has 2 aliphatic heterocycles. The lowest BCUT2D eigenvalue weighted by Gasteiger charge is -2.19. The highest BCUT2D eigenvalue weighted by Gasteiger charge is 2.19. The third kappa shape index (κ3) is 3.16. The lowest BCUT2D eigenvalue weighted by Crippen LogP contribution is -2.25. The first-order valence-corrected chi connectivity index (χ1v) is 8.52. The van der Waals surface area contributed by atoms with E-state index in [0.717, 1.165) is 4.90 Å². The molecular formula is C17H13N3O4S. The Labute approximate surface area is 147 Å². The maximum absolute atomic E-state index is 12.5. The summed E-state index contributed by atoms with van der Waals surface area (Å²) in [5.41, 5.74) is 2.12. The molecule has 2 heterocycles. The Bertz CT molecular complexity index is 913. The number of carbonyl (C=O) groups excluding carboxylic acids is 3. The summed E-state index contributed by atoms with van der Waals surface area (Å²) in [4.78, 5) is 36.3. The van der Waals surface area contributed by atoms with Crippen molar-refractivity contribution in [1.82, 2.24) is 0 Å². The highest BCUT2D eigenvalue weighted by atomic mass is 32.2. The average Bonchev–Trinajstić information content (AvgIpc) is 2.60. The molecule has 126 valence electrons. The summed E-state index contributed by atoms with van der Waals surface area (Å²) in [6, 6.07) is 10.2. The van der Waals surface area contributed by atoms with Gasteiger partial charge in [0, 0.05) is 16.1 Å². The maximum Gasteiger partial charge on any atom is 0.262 e. The Hall–Kier alpha value is -3.00. The standard InChI is InChI=1S/C17H13N3O4S/c21-15-7-24-13-3-2-10(6-11(13)19-15)18-17(23)9-1-4-14-12(5-9)20-16(22)8-25-14/h1-6H,7-8H2,(H,18,23)(H,19,21)(H,20,22). The van der Waals surface area contributed by atoms with Gasteiger partial charge in [0.2, 0.25) is 5.91 Å². The molecule has 0 unspecified atom stereocenters. The second kappa shape index (κ2) is 6.14. The monoisotopic (exact) mass is 355 g/mol. The first-order valence-electron chi connectivity index (χ1n) is 7.53. The highest BCUT2D eigenvalue weighted by Crippen LogP contribution is 2.33. The quantitative estimate of drug-likeness (QED) is 0.768. The number of benzene rings is 2. The number of thioether (sulfide) groups is 1.